The normalized spacial score (nSPS) is 10.7. The number of anilines is 1. The molecule has 0 aliphatic rings. The summed E-state index contributed by atoms with van der Waals surface area (Å²) in [6.45, 7) is 0. The van der Waals surface area contributed by atoms with Crippen LogP contribution >= 0.6 is 11.6 Å². The van der Waals surface area contributed by atoms with Gasteiger partial charge in [-0.3, -0.25) is 4.57 Å². The van der Waals surface area contributed by atoms with Gasteiger partial charge >= 0.3 is 0 Å². The molecular weight excluding hydrogens is 283 g/mol. The first kappa shape index (κ1) is 12.5. The first-order valence-corrected chi connectivity index (χ1v) is 5.96. The summed E-state index contributed by atoms with van der Waals surface area (Å²) in [7, 11) is 0. The summed E-state index contributed by atoms with van der Waals surface area (Å²) >= 11 is 5.99. The van der Waals surface area contributed by atoms with Crippen molar-refractivity contribution in [1.29, 1.82) is 0 Å². The standard InChI is InChI=1S/C12H8ClFN6/c13-9-5-7(14)1-2-8(9)10-17-11(15)19-12(18-10)20-4-3-16-6-20/h1-6H,(H2,15,17,18,19). The second kappa shape index (κ2) is 4.86. The molecule has 0 saturated carbocycles. The summed E-state index contributed by atoms with van der Waals surface area (Å²) < 4.78 is 14.7. The SMILES string of the molecule is Nc1nc(-c2ccc(F)cc2Cl)nc(-n2ccnc2)n1. The lowest BCUT2D eigenvalue weighted by Crippen LogP contribution is -2.06. The van der Waals surface area contributed by atoms with Gasteiger partial charge in [0.25, 0.3) is 0 Å². The third-order valence-electron chi connectivity index (χ3n) is 2.55. The Bertz CT molecular complexity index is 759. The van der Waals surface area contributed by atoms with Crippen molar-refractivity contribution in [1.82, 2.24) is 24.5 Å². The smallest absolute Gasteiger partial charge is 0.240 e. The molecule has 100 valence electrons. The van der Waals surface area contributed by atoms with Gasteiger partial charge in [0.15, 0.2) is 5.82 Å². The number of hydrogen-bond acceptors (Lipinski definition) is 5. The van der Waals surface area contributed by atoms with Crippen LogP contribution in [0.1, 0.15) is 0 Å². The van der Waals surface area contributed by atoms with Crippen LogP contribution in [0.25, 0.3) is 17.3 Å². The van der Waals surface area contributed by atoms with E-state index in [0.29, 0.717) is 11.5 Å². The van der Waals surface area contributed by atoms with Crippen molar-refractivity contribution < 1.29 is 4.39 Å². The van der Waals surface area contributed by atoms with E-state index >= 15 is 0 Å². The number of imidazole rings is 1. The number of nitrogens with zero attached hydrogens (tertiary/aromatic N) is 5. The number of halogens is 2. The molecule has 0 fully saturated rings. The third-order valence-corrected chi connectivity index (χ3v) is 2.86. The second-order valence-corrected chi connectivity index (χ2v) is 4.32. The maximum atomic E-state index is 13.1. The first-order chi connectivity index (χ1) is 9.63. The third kappa shape index (κ3) is 2.30. The van der Waals surface area contributed by atoms with Crippen molar-refractivity contribution in [2.24, 2.45) is 0 Å². The summed E-state index contributed by atoms with van der Waals surface area (Å²) in [5.74, 6) is 0.186. The Morgan fingerprint density at radius 3 is 2.75 bits per heavy atom. The molecule has 0 bridgehead atoms. The minimum Gasteiger partial charge on any atom is -0.368 e. The molecule has 1 aromatic carbocycles. The Morgan fingerprint density at radius 2 is 2.05 bits per heavy atom. The molecule has 0 unspecified atom stereocenters. The van der Waals surface area contributed by atoms with Crippen molar-refractivity contribution in [3.8, 4) is 17.3 Å². The fraction of sp³-hybridized carbons (Fsp3) is 0. The molecule has 20 heavy (non-hydrogen) atoms. The van der Waals surface area contributed by atoms with Crippen molar-refractivity contribution in [3.63, 3.8) is 0 Å². The lowest BCUT2D eigenvalue weighted by Gasteiger charge is -2.06. The van der Waals surface area contributed by atoms with Crippen LogP contribution in [0.2, 0.25) is 5.02 Å². The zero-order valence-corrected chi connectivity index (χ0v) is 10.8. The van der Waals surface area contributed by atoms with E-state index in [0.717, 1.165) is 0 Å². The van der Waals surface area contributed by atoms with E-state index in [1.807, 2.05) is 0 Å². The largest absolute Gasteiger partial charge is 0.368 e. The summed E-state index contributed by atoms with van der Waals surface area (Å²) in [5.41, 5.74) is 6.15. The zero-order valence-electron chi connectivity index (χ0n) is 10.0. The van der Waals surface area contributed by atoms with Gasteiger partial charge in [-0.2, -0.15) is 15.0 Å². The van der Waals surface area contributed by atoms with E-state index < -0.39 is 5.82 Å². The van der Waals surface area contributed by atoms with E-state index in [2.05, 4.69) is 19.9 Å². The molecule has 0 atom stereocenters. The maximum Gasteiger partial charge on any atom is 0.240 e. The Balaban J connectivity index is 2.14. The summed E-state index contributed by atoms with van der Waals surface area (Å²) in [4.78, 5) is 16.2. The summed E-state index contributed by atoms with van der Waals surface area (Å²) in [6, 6.07) is 3.95. The molecule has 0 aliphatic heterocycles. The van der Waals surface area contributed by atoms with Crippen LogP contribution in [0.15, 0.2) is 36.9 Å². The van der Waals surface area contributed by atoms with E-state index in [4.69, 9.17) is 17.3 Å². The van der Waals surface area contributed by atoms with Crippen LogP contribution in [0, 0.1) is 5.82 Å². The topological polar surface area (TPSA) is 82.5 Å². The van der Waals surface area contributed by atoms with Gasteiger partial charge in [0.1, 0.15) is 12.1 Å². The van der Waals surface area contributed by atoms with Crippen molar-refractivity contribution in [2.75, 3.05) is 5.73 Å². The predicted molar refractivity (Wildman–Crippen MR) is 71.8 cm³/mol. The highest BCUT2D eigenvalue weighted by atomic mass is 35.5. The van der Waals surface area contributed by atoms with Crippen LogP contribution < -0.4 is 5.73 Å². The Labute approximate surface area is 118 Å². The van der Waals surface area contributed by atoms with Gasteiger partial charge in [-0.15, -0.1) is 0 Å². The fourth-order valence-electron chi connectivity index (χ4n) is 1.66. The van der Waals surface area contributed by atoms with Crippen LogP contribution in [-0.2, 0) is 0 Å². The molecule has 3 rings (SSSR count). The Hall–Kier alpha value is -2.54. The van der Waals surface area contributed by atoms with Crippen LogP contribution in [0.5, 0.6) is 0 Å². The van der Waals surface area contributed by atoms with Gasteiger partial charge < -0.3 is 5.73 Å². The van der Waals surface area contributed by atoms with E-state index in [1.54, 1.807) is 17.0 Å². The van der Waals surface area contributed by atoms with Gasteiger partial charge in [-0.25, -0.2) is 9.37 Å². The molecule has 2 heterocycles. The fourth-order valence-corrected chi connectivity index (χ4v) is 1.92. The summed E-state index contributed by atoms with van der Waals surface area (Å²) in [5, 5.41) is 0.201. The molecule has 2 N–H and O–H groups in total. The summed E-state index contributed by atoms with van der Waals surface area (Å²) in [6.07, 6.45) is 4.79. The Morgan fingerprint density at radius 1 is 1.20 bits per heavy atom. The predicted octanol–water partition coefficient (Wildman–Crippen LogP) is 2.10. The molecular formula is C12H8ClFN6. The molecule has 3 aromatic rings. The lowest BCUT2D eigenvalue weighted by molar-refractivity contribution is 0.628. The molecule has 0 aliphatic carbocycles. The zero-order chi connectivity index (χ0) is 14.1. The van der Waals surface area contributed by atoms with Gasteiger partial charge in [-0.05, 0) is 18.2 Å². The minimum atomic E-state index is -0.435. The number of rotatable bonds is 2. The number of benzene rings is 1. The van der Waals surface area contributed by atoms with Crippen molar-refractivity contribution in [3.05, 3.63) is 47.8 Å². The van der Waals surface area contributed by atoms with Crippen molar-refractivity contribution in [2.45, 2.75) is 0 Å². The first-order valence-electron chi connectivity index (χ1n) is 5.59. The van der Waals surface area contributed by atoms with Crippen molar-refractivity contribution >= 4 is 17.5 Å². The molecule has 0 spiro atoms. The number of aromatic nitrogens is 5. The molecule has 0 radical (unpaired) electrons. The van der Waals surface area contributed by atoms with E-state index in [1.165, 1.54) is 24.5 Å². The molecule has 8 heteroatoms. The lowest BCUT2D eigenvalue weighted by atomic mass is 10.2. The number of nitrogens with two attached hydrogens (primary N) is 1. The Kier molecular flexibility index (Phi) is 3.03. The molecule has 2 aromatic heterocycles. The van der Waals surface area contributed by atoms with Gasteiger partial charge in [-0.1, -0.05) is 11.6 Å². The minimum absolute atomic E-state index is 0.0408. The molecule has 0 saturated heterocycles. The highest BCUT2D eigenvalue weighted by Crippen LogP contribution is 2.26. The molecule has 0 amide bonds. The second-order valence-electron chi connectivity index (χ2n) is 3.91. The monoisotopic (exact) mass is 290 g/mol. The van der Waals surface area contributed by atoms with Gasteiger partial charge in [0, 0.05) is 18.0 Å². The quantitative estimate of drug-likeness (QED) is 0.781. The highest BCUT2D eigenvalue weighted by molar-refractivity contribution is 6.33. The average Bonchev–Trinajstić information content (AvgIpc) is 2.91. The van der Waals surface area contributed by atoms with Crippen LogP contribution in [0.3, 0.4) is 0 Å². The average molecular weight is 291 g/mol. The van der Waals surface area contributed by atoms with Gasteiger partial charge in [0.05, 0.1) is 5.02 Å². The van der Waals surface area contributed by atoms with Crippen LogP contribution in [-0.4, -0.2) is 24.5 Å². The van der Waals surface area contributed by atoms with E-state index in [-0.39, 0.29) is 16.8 Å². The van der Waals surface area contributed by atoms with E-state index in [9.17, 15) is 4.39 Å². The van der Waals surface area contributed by atoms with Gasteiger partial charge in [0.2, 0.25) is 11.9 Å². The molecule has 6 nitrogen and oxygen atoms in total. The number of hydrogen-bond donors (Lipinski definition) is 1. The number of nitrogen functional groups attached to an aromatic ring is 1. The highest BCUT2D eigenvalue weighted by Gasteiger charge is 2.11. The maximum absolute atomic E-state index is 13.1. The van der Waals surface area contributed by atoms with Crippen LogP contribution in [0.4, 0.5) is 10.3 Å².